The van der Waals surface area contributed by atoms with E-state index in [1.165, 1.54) is 12.1 Å². The minimum absolute atomic E-state index is 0.131. The summed E-state index contributed by atoms with van der Waals surface area (Å²) in [6, 6.07) is 22.1. The molecule has 0 saturated carbocycles. The fourth-order valence-corrected chi connectivity index (χ4v) is 3.85. The Hall–Kier alpha value is -3.18. The molecule has 0 fully saturated rings. The van der Waals surface area contributed by atoms with Crippen LogP contribution in [0.25, 0.3) is 0 Å². The summed E-state index contributed by atoms with van der Waals surface area (Å²) < 4.78 is 13.5. The molecule has 178 valence electrons. The first-order chi connectivity index (χ1) is 16.5. The Morgan fingerprint density at radius 1 is 0.912 bits per heavy atom. The number of hydrogen-bond acceptors (Lipinski definition) is 2. The third-order valence-corrected chi connectivity index (χ3v) is 5.89. The highest BCUT2D eigenvalue weighted by Crippen LogP contribution is 2.18. The molecule has 0 radical (unpaired) electrons. The Labute approximate surface area is 205 Å². The molecule has 0 aliphatic carbocycles. The summed E-state index contributed by atoms with van der Waals surface area (Å²) in [6.07, 6.45) is 2.33. The van der Waals surface area contributed by atoms with Gasteiger partial charge in [0.15, 0.2) is 0 Å². The topological polar surface area (TPSA) is 49.4 Å². The van der Waals surface area contributed by atoms with Crippen LogP contribution in [0.15, 0.2) is 78.9 Å². The lowest BCUT2D eigenvalue weighted by molar-refractivity contribution is -0.140. The predicted molar refractivity (Wildman–Crippen MR) is 134 cm³/mol. The fraction of sp³-hybridized carbons (Fsp3) is 0.286. The predicted octanol–water partition coefficient (Wildman–Crippen LogP) is 5.58. The van der Waals surface area contributed by atoms with Crippen LogP contribution in [0, 0.1) is 5.82 Å². The highest BCUT2D eigenvalue weighted by molar-refractivity contribution is 6.30. The minimum atomic E-state index is -0.705. The van der Waals surface area contributed by atoms with Gasteiger partial charge in [0.25, 0.3) is 0 Å². The fourth-order valence-electron chi connectivity index (χ4n) is 3.73. The van der Waals surface area contributed by atoms with Crippen molar-refractivity contribution in [1.29, 1.82) is 0 Å². The van der Waals surface area contributed by atoms with Crippen LogP contribution in [0.4, 0.5) is 4.39 Å². The SMILES string of the molecule is CCCCNC(=O)C(Cc1ccccc1)N(Cc1ccc(F)cc1)C(=O)Cc1ccc(Cl)cc1. The van der Waals surface area contributed by atoms with E-state index in [2.05, 4.69) is 12.2 Å². The number of halogens is 2. The van der Waals surface area contributed by atoms with Gasteiger partial charge < -0.3 is 10.2 Å². The van der Waals surface area contributed by atoms with Gasteiger partial charge in [0, 0.05) is 24.5 Å². The molecule has 0 saturated heterocycles. The Morgan fingerprint density at radius 2 is 1.56 bits per heavy atom. The molecule has 1 N–H and O–H groups in total. The van der Waals surface area contributed by atoms with Gasteiger partial charge in [0.1, 0.15) is 11.9 Å². The number of benzene rings is 3. The molecule has 3 aromatic rings. The van der Waals surface area contributed by atoms with E-state index in [-0.39, 0.29) is 30.6 Å². The lowest BCUT2D eigenvalue weighted by Gasteiger charge is -2.31. The van der Waals surface area contributed by atoms with Crippen LogP contribution in [-0.4, -0.2) is 29.3 Å². The summed E-state index contributed by atoms with van der Waals surface area (Å²) >= 11 is 5.99. The first-order valence-electron chi connectivity index (χ1n) is 11.6. The van der Waals surface area contributed by atoms with Gasteiger partial charge in [-0.05, 0) is 47.4 Å². The van der Waals surface area contributed by atoms with Crippen LogP contribution in [0.2, 0.25) is 5.02 Å². The van der Waals surface area contributed by atoms with Crippen molar-refractivity contribution >= 4 is 23.4 Å². The normalized spacial score (nSPS) is 11.6. The van der Waals surface area contributed by atoms with Crippen molar-refractivity contribution in [3.05, 3.63) is 106 Å². The molecule has 0 aliphatic rings. The van der Waals surface area contributed by atoms with E-state index in [0.29, 0.717) is 18.0 Å². The molecule has 3 aromatic carbocycles. The van der Waals surface area contributed by atoms with Gasteiger partial charge in [0.05, 0.1) is 6.42 Å². The number of carbonyl (C=O) groups is 2. The van der Waals surface area contributed by atoms with Crippen molar-refractivity contribution < 1.29 is 14.0 Å². The van der Waals surface area contributed by atoms with Crippen LogP contribution >= 0.6 is 11.6 Å². The van der Waals surface area contributed by atoms with Crippen LogP contribution in [0.1, 0.15) is 36.5 Å². The van der Waals surface area contributed by atoms with Gasteiger partial charge in [0.2, 0.25) is 11.8 Å². The molecule has 0 aromatic heterocycles. The second-order valence-electron chi connectivity index (χ2n) is 8.30. The van der Waals surface area contributed by atoms with E-state index >= 15 is 0 Å². The average molecular weight is 481 g/mol. The van der Waals surface area contributed by atoms with Gasteiger partial charge >= 0.3 is 0 Å². The standard InChI is InChI=1S/C28H30ClFN2O2/c1-2-3-17-31-28(34)26(18-21-7-5-4-6-8-21)32(20-23-11-15-25(30)16-12-23)27(33)19-22-9-13-24(29)14-10-22/h4-16,26H,2-3,17-20H2,1H3,(H,31,34). The minimum Gasteiger partial charge on any atom is -0.354 e. The zero-order valence-corrected chi connectivity index (χ0v) is 20.1. The summed E-state index contributed by atoms with van der Waals surface area (Å²) in [7, 11) is 0. The second kappa shape index (κ2) is 12.9. The van der Waals surface area contributed by atoms with E-state index < -0.39 is 6.04 Å². The lowest BCUT2D eigenvalue weighted by atomic mass is 10.0. The highest BCUT2D eigenvalue weighted by atomic mass is 35.5. The maximum absolute atomic E-state index is 13.6. The Bertz CT molecular complexity index is 1060. The average Bonchev–Trinajstić information content (AvgIpc) is 2.84. The van der Waals surface area contributed by atoms with E-state index in [1.807, 2.05) is 42.5 Å². The highest BCUT2D eigenvalue weighted by Gasteiger charge is 2.30. The molecule has 0 aliphatic heterocycles. The van der Waals surface area contributed by atoms with Crippen molar-refractivity contribution in [3.63, 3.8) is 0 Å². The van der Waals surface area contributed by atoms with Crippen LogP contribution < -0.4 is 5.32 Å². The maximum atomic E-state index is 13.6. The monoisotopic (exact) mass is 480 g/mol. The van der Waals surface area contributed by atoms with Crippen LogP contribution in [0.3, 0.4) is 0 Å². The molecule has 6 heteroatoms. The Balaban J connectivity index is 1.92. The van der Waals surface area contributed by atoms with Crippen molar-refractivity contribution in [1.82, 2.24) is 10.2 Å². The summed E-state index contributed by atoms with van der Waals surface area (Å²) in [5.74, 6) is -0.719. The largest absolute Gasteiger partial charge is 0.354 e. The van der Waals surface area contributed by atoms with Crippen molar-refractivity contribution in [2.24, 2.45) is 0 Å². The Morgan fingerprint density at radius 3 is 2.21 bits per heavy atom. The first kappa shape index (κ1) is 25.4. The van der Waals surface area contributed by atoms with Crippen molar-refractivity contribution in [2.45, 2.75) is 45.2 Å². The molecule has 0 heterocycles. The van der Waals surface area contributed by atoms with Gasteiger partial charge in [-0.1, -0.05) is 79.5 Å². The number of nitrogens with one attached hydrogen (secondary N) is 1. The number of amides is 2. The molecular formula is C28H30ClFN2O2. The third kappa shape index (κ3) is 7.70. The third-order valence-electron chi connectivity index (χ3n) is 5.64. The van der Waals surface area contributed by atoms with Gasteiger partial charge in [-0.2, -0.15) is 0 Å². The summed E-state index contributed by atoms with van der Waals surface area (Å²) in [6.45, 7) is 2.81. The molecule has 0 spiro atoms. The van der Waals surface area contributed by atoms with Crippen molar-refractivity contribution in [3.8, 4) is 0 Å². The lowest BCUT2D eigenvalue weighted by Crippen LogP contribution is -2.51. The Kier molecular flexibility index (Phi) is 9.65. The molecule has 1 unspecified atom stereocenters. The molecule has 2 amide bonds. The van der Waals surface area contributed by atoms with Crippen LogP contribution in [0.5, 0.6) is 0 Å². The first-order valence-corrected chi connectivity index (χ1v) is 11.9. The summed E-state index contributed by atoms with van der Waals surface area (Å²) in [5.41, 5.74) is 2.52. The van der Waals surface area contributed by atoms with Crippen LogP contribution in [-0.2, 0) is 29.0 Å². The number of rotatable bonds is 11. The van der Waals surface area contributed by atoms with Crippen molar-refractivity contribution in [2.75, 3.05) is 6.54 Å². The summed E-state index contributed by atoms with van der Waals surface area (Å²) in [5, 5.41) is 3.59. The molecule has 0 bridgehead atoms. The van der Waals surface area contributed by atoms with Gasteiger partial charge in [-0.15, -0.1) is 0 Å². The number of hydrogen-bond donors (Lipinski definition) is 1. The molecule has 4 nitrogen and oxygen atoms in total. The second-order valence-corrected chi connectivity index (χ2v) is 8.74. The number of carbonyl (C=O) groups excluding carboxylic acids is 2. The van der Waals surface area contributed by atoms with Gasteiger partial charge in [-0.25, -0.2) is 4.39 Å². The zero-order chi connectivity index (χ0) is 24.3. The maximum Gasteiger partial charge on any atom is 0.243 e. The molecule has 34 heavy (non-hydrogen) atoms. The number of nitrogens with zero attached hydrogens (tertiary/aromatic N) is 1. The van der Waals surface area contributed by atoms with E-state index in [4.69, 9.17) is 11.6 Å². The zero-order valence-electron chi connectivity index (χ0n) is 19.3. The quantitative estimate of drug-likeness (QED) is 0.364. The van der Waals surface area contributed by atoms with E-state index in [9.17, 15) is 14.0 Å². The van der Waals surface area contributed by atoms with E-state index in [1.54, 1.807) is 29.2 Å². The van der Waals surface area contributed by atoms with E-state index in [0.717, 1.165) is 29.5 Å². The number of unbranched alkanes of at least 4 members (excludes halogenated alkanes) is 1. The smallest absolute Gasteiger partial charge is 0.243 e. The molecule has 1 atom stereocenters. The molecular weight excluding hydrogens is 451 g/mol. The summed E-state index contributed by atoms with van der Waals surface area (Å²) in [4.78, 5) is 28.5. The van der Waals surface area contributed by atoms with Gasteiger partial charge in [-0.3, -0.25) is 9.59 Å². The molecule has 3 rings (SSSR count).